The second kappa shape index (κ2) is 7.92. The zero-order valence-electron chi connectivity index (χ0n) is 17.0. The molecule has 0 saturated carbocycles. The summed E-state index contributed by atoms with van der Waals surface area (Å²) in [4.78, 5) is 17.9. The lowest BCUT2D eigenvalue weighted by molar-refractivity contribution is -0.161. The molecule has 6 heteroatoms. The first-order valence-corrected chi connectivity index (χ1v) is 10.9. The van der Waals surface area contributed by atoms with Crippen LogP contribution in [-0.4, -0.2) is 64.3 Å². The fourth-order valence-corrected chi connectivity index (χ4v) is 5.32. The number of hydrogen-bond donors (Lipinski definition) is 1. The highest BCUT2D eigenvalue weighted by atomic mass is 16.5. The Hall–Kier alpha value is -2.18. The summed E-state index contributed by atoms with van der Waals surface area (Å²) in [5, 5.41) is 7.21. The lowest BCUT2D eigenvalue weighted by Gasteiger charge is -2.48. The SMILES string of the molecule is O=C(C1CCc2[nH]ncc2C1)N1CCCC2(CN(Cc3ccccc3)CCO2)C1. The number of carbonyl (C=O) groups excluding carboxylic acids is 1. The number of likely N-dealkylation sites (tertiary alicyclic amines) is 1. The van der Waals surface area contributed by atoms with Gasteiger partial charge in [0, 0.05) is 37.8 Å². The molecule has 0 bridgehead atoms. The molecular formula is C23H30N4O2. The number of aromatic amines is 1. The maximum Gasteiger partial charge on any atom is 0.226 e. The fraction of sp³-hybridized carbons (Fsp3) is 0.565. The Labute approximate surface area is 172 Å². The summed E-state index contributed by atoms with van der Waals surface area (Å²) in [7, 11) is 0. The highest BCUT2D eigenvalue weighted by molar-refractivity contribution is 5.79. The molecule has 29 heavy (non-hydrogen) atoms. The summed E-state index contributed by atoms with van der Waals surface area (Å²) in [6.45, 7) is 5.14. The monoisotopic (exact) mass is 394 g/mol. The van der Waals surface area contributed by atoms with Crippen LogP contribution in [0.4, 0.5) is 0 Å². The molecule has 1 aromatic carbocycles. The number of ether oxygens (including phenoxy) is 1. The van der Waals surface area contributed by atoms with Crippen molar-refractivity contribution in [3.05, 3.63) is 53.3 Å². The number of carbonyl (C=O) groups is 1. The van der Waals surface area contributed by atoms with Crippen molar-refractivity contribution in [3.8, 4) is 0 Å². The van der Waals surface area contributed by atoms with E-state index in [2.05, 4.69) is 50.3 Å². The second-order valence-corrected chi connectivity index (χ2v) is 8.90. The molecule has 1 amide bonds. The van der Waals surface area contributed by atoms with Crippen LogP contribution in [0, 0.1) is 5.92 Å². The molecule has 3 heterocycles. The molecule has 2 atom stereocenters. The van der Waals surface area contributed by atoms with E-state index in [1.54, 1.807) is 0 Å². The molecule has 5 rings (SSSR count). The average Bonchev–Trinajstić information content (AvgIpc) is 3.22. The quantitative estimate of drug-likeness (QED) is 0.869. The van der Waals surface area contributed by atoms with E-state index in [9.17, 15) is 4.79 Å². The number of nitrogens with one attached hydrogen (secondary N) is 1. The van der Waals surface area contributed by atoms with Gasteiger partial charge in [-0.15, -0.1) is 0 Å². The summed E-state index contributed by atoms with van der Waals surface area (Å²) in [5.74, 6) is 0.388. The van der Waals surface area contributed by atoms with Gasteiger partial charge in [-0.05, 0) is 43.2 Å². The number of hydrogen-bond acceptors (Lipinski definition) is 4. The first-order valence-electron chi connectivity index (χ1n) is 10.9. The molecule has 6 nitrogen and oxygen atoms in total. The van der Waals surface area contributed by atoms with Gasteiger partial charge in [0.25, 0.3) is 0 Å². The fourth-order valence-electron chi connectivity index (χ4n) is 5.32. The first-order chi connectivity index (χ1) is 14.2. The van der Waals surface area contributed by atoms with E-state index in [1.165, 1.54) is 16.8 Å². The number of aryl methyl sites for hydroxylation is 1. The van der Waals surface area contributed by atoms with Crippen molar-refractivity contribution in [2.24, 2.45) is 5.92 Å². The van der Waals surface area contributed by atoms with Crippen LogP contribution in [0.3, 0.4) is 0 Å². The number of rotatable bonds is 3. The summed E-state index contributed by atoms with van der Waals surface area (Å²) < 4.78 is 6.34. The van der Waals surface area contributed by atoms with Crippen LogP contribution in [-0.2, 0) is 28.9 Å². The Morgan fingerprint density at radius 1 is 1.24 bits per heavy atom. The maximum absolute atomic E-state index is 13.3. The Morgan fingerprint density at radius 3 is 3.03 bits per heavy atom. The van der Waals surface area contributed by atoms with Crippen molar-refractivity contribution in [3.63, 3.8) is 0 Å². The van der Waals surface area contributed by atoms with E-state index in [-0.39, 0.29) is 11.5 Å². The Morgan fingerprint density at radius 2 is 2.14 bits per heavy atom. The number of amides is 1. The van der Waals surface area contributed by atoms with Crippen LogP contribution in [0.2, 0.25) is 0 Å². The van der Waals surface area contributed by atoms with Gasteiger partial charge in [-0.25, -0.2) is 0 Å². The maximum atomic E-state index is 13.3. The van der Waals surface area contributed by atoms with Gasteiger partial charge in [-0.3, -0.25) is 14.8 Å². The van der Waals surface area contributed by atoms with E-state index < -0.39 is 0 Å². The van der Waals surface area contributed by atoms with E-state index in [0.717, 1.165) is 71.4 Å². The predicted molar refractivity (Wildman–Crippen MR) is 110 cm³/mol. The largest absolute Gasteiger partial charge is 0.370 e. The van der Waals surface area contributed by atoms with Gasteiger partial charge < -0.3 is 9.64 Å². The van der Waals surface area contributed by atoms with Crippen LogP contribution in [0.5, 0.6) is 0 Å². The third-order valence-electron chi connectivity index (χ3n) is 6.79. The van der Waals surface area contributed by atoms with Gasteiger partial charge in [0.15, 0.2) is 0 Å². The van der Waals surface area contributed by atoms with Crippen LogP contribution in [0.25, 0.3) is 0 Å². The molecule has 154 valence electrons. The minimum absolute atomic E-state index is 0.0827. The minimum Gasteiger partial charge on any atom is -0.370 e. The molecule has 0 radical (unpaired) electrons. The van der Waals surface area contributed by atoms with Crippen molar-refractivity contribution >= 4 is 5.91 Å². The van der Waals surface area contributed by atoms with E-state index in [4.69, 9.17) is 4.74 Å². The van der Waals surface area contributed by atoms with Crippen molar-refractivity contribution in [2.45, 2.75) is 44.2 Å². The number of benzene rings is 1. The van der Waals surface area contributed by atoms with Crippen LogP contribution < -0.4 is 0 Å². The third-order valence-corrected chi connectivity index (χ3v) is 6.79. The molecule has 1 spiro atoms. The zero-order valence-corrected chi connectivity index (χ0v) is 17.0. The predicted octanol–water partition coefficient (Wildman–Crippen LogP) is 2.41. The summed E-state index contributed by atoms with van der Waals surface area (Å²) in [5.41, 5.74) is 3.54. The summed E-state index contributed by atoms with van der Waals surface area (Å²) in [6.07, 6.45) is 6.60. The summed E-state index contributed by atoms with van der Waals surface area (Å²) >= 11 is 0. The van der Waals surface area contributed by atoms with Crippen LogP contribution >= 0.6 is 0 Å². The minimum atomic E-state index is -0.212. The van der Waals surface area contributed by atoms with Crippen LogP contribution in [0.1, 0.15) is 36.1 Å². The topological polar surface area (TPSA) is 61.5 Å². The number of aromatic nitrogens is 2. The standard InChI is InChI=1S/C23H30N4O2/c28-22(19-7-8-21-20(13-19)14-24-25-21)27-10-4-9-23(17-27)16-26(11-12-29-23)15-18-5-2-1-3-6-18/h1-3,5-6,14,19H,4,7-13,15-17H2,(H,24,25). The van der Waals surface area contributed by atoms with Crippen molar-refractivity contribution in [1.82, 2.24) is 20.0 Å². The smallest absolute Gasteiger partial charge is 0.226 e. The zero-order chi connectivity index (χ0) is 19.7. The van der Waals surface area contributed by atoms with Gasteiger partial charge >= 0.3 is 0 Å². The Bertz CT molecular complexity index is 848. The van der Waals surface area contributed by atoms with Crippen molar-refractivity contribution < 1.29 is 9.53 Å². The van der Waals surface area contributed by atoms with Crippen molar-refractivity contribution in [2.75, 3.05) is 32.8 Å². The molecule has 2 unspecified atom stereocenters. The van der Waals surface area contributed by atoms with Crippen LogP contribution in [0.15, 0.2) is 36.5 Å². The molecule has 2 fully saturated rings. The second-order valence-electron chi connectivity index (χ2n) is 8.90. The Kier molecular flexibility index (Phi) is 5.14. The highest BCUT2D eigenvalue weighted by Crippen LogP contribution is 2.32. The average molecular weight is 395 g/mol. The molecule has 2 aromatic rings. The lowest BCUT2D eigenvalue weighted by Crippen LogP contribution is -2.61. The van der Waals surface area contributed by atoms with Crippen molar-refractivity contribution in [1.29, 1.82) is 0 Å². The molecule has 1 aliphatic carbocycles. The number of morpholine rings is 1. The van der Waals surface area contributed by atoms with Gasteiger partial charge in [-0.2, -0.15) is 5.10 Å². The molecular weight excluding hydrogens is 364 g/mol. The van der Waals surface area contributed by atoms with Gasteiger partial charge in [-0.1, -0.05) is 30.3 Å². The molecule has 2 saturated heterocycles. The van der Waals surface area contributed by atoms with E-state index in [0.29, 0.717) is 5.91 Å². The van der Waals surface area contributed by atoms with Gasteiger partial charge in [0.1, 0.15) is 0 Å². The first kappa shape index (κ1) is 18.8. The lowest BCUT2D eigenvalue weighted by atomic mass is 9.85. The van der Waals surface area contributed by atoms with Gasteiger partial charge in [0.2, 0.25) is 5.91 Å². The number of nitrogens with zero attached hydrogens (tertiary/aromatic N) is 3. The number of H-pyrrole nitrogens is 1. The Balaban J connectivity index is 1.24. The molecule has 1 aromatic heterocycles. The van der Waals surface area contributed by atoms with E-state index >= 15 is 0 Å². The number of fused-ring (bicyclic) bond motifs is 1. The normalized spacial score (nSPS) is 27.7. The van der Waals surface area contributed by atoms with Gasteiger partial charge in [0.05, 0.1) is 24.9 Å². The molecule has 1 N–H and O–H groups in total. The third kappa shape index (κ3) is 3.96. The number of piperidine rings is 1. The summed E-state index contributed by atoms with van der Waals surface area (Å²) in [6, 6.07) is 10.6. The molecule has 2 aliphatic heterocycles. The molecule has 3 aliphatic rings. The highest BCUT2D eigenvalue weighted by Gasteiger charge is 2.43. The van der Waals surface area contributed by atoms with E-state index in [1.807, 2.05) is 6.20 Å².